The van der Waals surface area contributed by atoms with Gasteiger partial charge in [0.05, 0.1) is 4.90 Å². The zero-order chi connectivity index (χ0) is 19.9. The van der Waals surface area contributed by atoms with Crippen LogP contribution in [0.4, 0.5) is 5.69 Å². The number of benzene rings is 2. The molecule has 2 aromatic carbocycles. The highest BCUT2D eigenvalue weighted by atomic mass is 32.2. The quantitative estimate of drug-likeness (QED) is 0.610. The molecule has 1 aliphatic rings. The van der Waals surface area contributed by atoms with Crippen LogP contribution in [0.3, 0.4) is 0 Å². The minimum absolute atomic E-state index is 0.0666. The molecule has 6 heteroatoms. The summed E-state index contributed by atoms with van der Waals surface area (Å²) in [5.41, 5.74) is 9.17. The Hall–Kier alpha value is -1.89. The summed E-state index contributed by atoms with van der Waals surface area (Å²) in [5, 5.41) is 0. The lowest BCUT2D eigenvalue weighted by atomic mass is 9.96. The molecule has 0 spiro atoms. The number of nitrogen functional groups attached to an aromatic ring is 1. The average Bonchev–Trinajstić information content (AvgIpc) is 2.62. The third-order valence-corrected chi connectivity index (χ3v) is 5.91. The van der Waals surface area contributed by atoms with Crippen molar-refractivity contribution in [3.63, 3.8) is 0 Å². The molecular weight excluding hydrogens is 360 g/mol. The lowest BCUT2D eigenvalue weighted by molar-refractivity contribution is 0.176. The fourth-order valence-electron chi connectivity index (χ4n) is 3.30. The largest absolute Gasteiger partial charge is 0.399 e. The minimum atomic E-state index is -4.02. The molecule has 0 bridgehead atoms. The van der Waals surface area contributed by atoms with E-state index in [1.807, 2.05) is 19.1 Å². The van der Waals surface area contributed by atoms with Gasteiger partial charge in [-0.1, -0.05) is 42.3 Å². The molecule has 2 aromatic rings. The highest BCUT2D eigenvalue weighted by Gasteiger charge is 2.18. The average molecular weight is 391 g/mol. The first-order valence-corrected chi connectivity index (χ1v) is 10.8. The number of hydrogen-bond acceptors (Lipinski definition) is 4. The number of aryl methyl sites for hydroxylation is 2. The van der Waals surface area contributed by atoms with E-state index in [-0.39, 0.29) is 4.90 Å². The summed E-state index contributed by atoms with van der Waals surface area (Å²) < 4.78 is 29.6. The molecule has 1 heterocycles. The highest BCUT2D eigenvalue weighted by Crippen LogP contribution is 2.21. The standard InChI is InChI=1S/C14H22N2.C7H8O3S/c1-16-11-5-4-7-13(16)10-9-12-6-2-3-8-14(12)15;1-6-2-4-7(5-3-6)11(8,9)10/h2-3,6,8,13H,4-5,7,9-11,15H2,1H3;2-5H,1H3,(H,8,9,10). The summed E-state index contributed by atoms with van der Waals surface area (Å²) in [6, 6.07) is 15.0. The van der Waals surface area contributed by atoms with Crippen molar-refractivity contribution in [2.45, 2.75) is 50.0 Å². The number of nitrogens with zero attached hydrogens (tertiary/aromatic N) is 1. The van der Waals surface area contributed by atoms with Crippen molar-refractivity contribution in [1.82, 2.24) is 4.90 Å². The number of piperidine rings is 1. The van der Waals surface area contributed by atoms with Crippen LogP contribution in [0.25, 0.3) is 0 Å². The van der Waals surface area contributed by atoms with Crippen LogP contribution in [-0.2, 0) is 16.5 Å². The Morgan fingerprint density at radius 1 is 1.11 bits per heavy atom. The highest BCUT2D eigenvalue weighted by molar-refractivity contribution is 7.85. The number of likely N-dealkylation sites (tertiary alicyclic amines) is 1. The van der Waals surface area contributed by atoms with Crippen LogP contribution in [0, 0.1) is 6.92 Å². The molecule has 5 nitrogen and oxygen atoms in total. The van der Waals surface area contributed by atoms with E-state index < -0.39 is 10.1 Å². The maximum absolute atomic E-state index is 10.5. The van der Waals surface area contributed by atoms with Crippen LogP contribution in [0.1, 0.15) is 36.8 Å². The van der Waals surface area contributed by atoms with Gasteiger partial charge in [-0.3, -0.25) is 4.55 Å². The molecule has 3 N–H and O–H groups in total. The topological polar surface area (TPSA) is 83.6 Å². The van der Waals surface area contributed by atoms with Crippen molar-refractivity contribution in [2.75, 3.05) is 19.3 Å². The van der Waals surface area contributed by atoms with Crippen molar-refractivity contribution in [3.05, 3.63) is 59.7 Å². The van der Waals surface area contributed by atoms with Gasteiger partial charge >= 0.3 is 0 Å². The van der Waals surface area contributed by atoms with E-state index in [0.717, 1.165) is 23.7 Å². The molecule has 1 saturated heterocycles. The summed E-state index contributed by atoms with van der Waals surface area (Å²) in [6.07, 6.45) is 6.45. The first kappa shape index (κ1) is 21.4. The summed E-state index contributed by atoms with van der Waals surface area (Å²) in [4.78, 5) is 2.44. The third-order valence-electron chi connectivity index (χ3n) is 5.04. The predicted octanol–water partition coefficient (Wildman–Crippen LogP) is 3.93. The van der Waals surface area contributed by atoms with Crippen molar-refractivity contribution in [2.24, 2.45) is 0 Å². The van der Waals surface area contributed by atoms with Gasteiger partial charge in [0.25, 0.3) is 10.1 Å². The van der Waals surface area contributed by atoms with E-state index in [1.165, 1.54) is 49.9 Å². The number of rotatable bonds is 4. The lowest BCUT2D eigenvalue weighted by Crippen LogP contribution is -2.36. The Morgan fingerprint density at radius 3 is 2.37 bits per heavy atom. The first-order chi connectivity index (χ1) is 12.8. The van der Waals surface area contributed by atoms with Crippen LogP contribution in [-0.4, -0.2) is 37.5 Å². The van der Waals surface area contributed by atoms with Crippen LogP contribution in [0.15, 0.2) is 53.4 Å². The molecule has 0 aromatic heterocycles. The number of hydrogen-bond donors (Lipinski definition) is 2. The van der Waals surface area contributed by atoms with Crippen LogP contribution >= 0.6 is 0 Å². The van der Waals surface area contributed by atoms with E-state index in [1.54, 1.807) is 12.1 Å². The molecule has 1 fully saturated rings. The van der Waals surface area contributed by atoms with E-state index >= 15 is 0 Å². The number of para-hydroxylation sites is 1. The zero-order valence-electron chi connectivity index (χ0n) is 16.1. The summed E-state index contributed by atoms with van der Waals surface area (Å²) in [5.74, 6) is 0. The maximum Gasteiger partial charge on any atom is 0.294 e. The summed E-state index contributed by atoms with van der Waals surface area (Å²) >= 11 is 0. The fraction of sp³-hybridized carbons (Fsp3) is 0.429. The molecule has 0 radical (unpaired) electrons. The van der Waals surface area contributed by atoms with Crippen molar-refractivity contribution in [1.29, 1.82) is 0 Å². The SMILES string of the molecule is CN1CCCCC1CCc1ccccc1N.Cc1ccc(S(=O)(=O)O)cc1. The lowest BCUT2D eigenvalue weighted by Gasteiger charge is -2.32. The van der Waals surface area contributed by atoms with E-state index in [0.29, 0.717) is 0 Å². The van der Waals surface area contributed by atoms with Gasteiger partial charge in [-0.2, -0.15) is 8.42 Å². The molecule has 148 valence electrons. The minimum Gasteiger partial charge on any atom is -0.399 e. The molecule has 1 atom stereocenters. The number of anilines is 1. The van der Waals surface area contributed by atoms with Gasteiger partial charge in [0, 0.05) is 11.7 Å². The van der Waals surface area contributed by atoms with Gasteiger partial charge in [-0.15, -0.1) is 0 Å². The van der Waals surface area contributed by atoms with E-state index in [9.17, 15) is 8.42 Å². The van der Waals surface area contributed by atoms with Gasteiger partial charge in [0.2, 0.25) is 0 Å². The Bertz CT molecular complexity index is 820. The Kier molecular flexibility index (Phi) is 7.83. The van der Waals surface area contributed by atoms with Gasteiger partial charge in [0.1, 0.15) is 0 Å². The van der Waals surface area contributed by atoms with E-state index in [4.69, 9.17) is 10.3 Å². The molecule has 0 amide bonds. The summed E-state index contributed by atoms with van der Waals surface area (Å²) in [6.45, 7) is 3.10. The van der Waals surface area contributed by atoms with E-state index in [2.05, 4.69) is 24.1 Å². The van der Waals surface area contributed by atoms with Gasteiger partial charge in [0.15, 0.2) is 0 Å². The molecular formula is C21H30N2O3S. The normalized spacial score (nSPS) is 17.8. The first-order valence-electron chi connectivity index (χ1n) is 9.35. The van der Waals surface area contributed by atoms with Crippen molar-refractivity contribution >= 4 is 15.8 Å². The smallest absolute Gasteiger partial charge is 0.294 e. The molecule has 27 heavy (non-hydrogen) atoms. The second-order valence-electron chi connectivity index (χ2n) is 7.16. The number of nitrogens with two attached hydrogens (primary N) is 1. The van der Waals surface area contributed by atoms with Crippen LogP contribution < -0.4 is 5.73 Å². The molecule has 0 aliphatic carbocycles. The van der Waals surface area contributed by atoms with Gasteiger partial charge < -0.3 is 10.6 Å². The van der Waals surface area contributed by atoms with Gasteiger partial charge in [-0.05, 0) is 70.0 Å². The van der Waals surface area contributed by atoms with Crippen molar-refractivity contribution in [3.8, 4) is 0 Å². The Morgan fingerprint density at radius 2 is 1.78 bits per heavy atom. The molecule has 1 unspecified atom stereocenters. The van der Waals surface area contributed by atoms with Crippen molar-refractivity contribution < 1.29 is 13.0 Å². The Labute approximate surface area is 163 Å². The predicted molar refractivity (Wildman–Crippen MR) is 110 cm³/mol. The monoisotopic (exact) mass is 390 g/mol. The van der Waals surface area contributed by atoms with Crippen LogP contribution in [0.2, 0.25) is 0 Å². The summed E-state index contributed by atoms with van der Waals surface area (Å²) in [7, 11) is -1.77. The second kappa shape index (κ2) is 9.88. The molecule has 1 aliphatic heterocycles. The van der Waals surface area contributed by atoms with Gasteiger partial charge in [-0.25, -0.2) is 0 Å². The second-order valence-corrected chi connectivity index (χ2v) is 8.58. The zero-order valence-corrected chi connectivity index (χ0v) is 17.0. The maximum atomic E-state index is 10.5. The fourth-order valence-corrected chi connectivity index (χ4v) is 3.78. The molecule has 3 rings (SSSR count). The third kappa shape index (κ3) is 6.97. The van der Waals surface area contributed by atoms with Crippen LogP contribution in [0.5, 0.6) is 0 Å². The Balaban J connectivity index is 0.000000208. The molecule has 0 saturated carbocycles.